The Balaban J connectivity index is 2.45. The van der Waals surface area contributed by atoms with Crippen LogP contribution in [0, 0.1) is 6.92 Å². The van der Waals surface area contributed by atoms with E-state index in [2.05, 4.69) is 40.3 Å². The minimum atomic E-state index is 1.12. The van der Waals surface area contributed by atoms with Crippen molar-refractivity contribution < 1.29 is 0 Å². The normalized spacial score (nSPS) is 14.1. The van der Waals surface area contributed by atoms with Gasteiger partial charge in [0.25, 0.3) is 0 Å². The fourth-order valence-electron chi connectivity index (χ4n) is 2.78. The molecule has 0 saturated carbocycles. The average Bonchev–Trinajstić information content (AvgIpc) is 2.74. The van der Waals surface area contributed by atoms with Crippen LogP contribution in [0.5, 0.6) is 0 Å². The van der Waals surface area contributed by atoms with Gasteiger partial charge in [-0.05, 0) is 49.4 Å². The fourth-order valence-corrected chi connectivity index (χ4v) is 3.35. The van der Waals surface area contributed by atoms with Crippen LogP contribution in [-0.4, -0.2) is 12.0 Å². The highest BCUT2D eigenvalue weighted by Crippen LogP contribution is 2.36. The Labute approximate surface area is 110 Å². The summed E-state index contributed by atoms with van der Waals surface area (Å²) in [6, 6.07) is 4.30. The Kier molecular flexibility index (Phi) is 2.58. The van der Waals surface area contributed by atoms with Crippen molar-refractivity contribution >= 4 is 32.5 Å². The molecule has 0 fully saturated rings. The molecule has 0 amide bonds. The number of rotatable bonds is 1. The molecule has 1 aromatic heterocycles. The standard InChI is InChI=1S/C14H15BrN2/c1-8-6-9(15)7-11-13(8)17-12-5-3-4-10(12)14(11)16-2/h6-7H,3-5H2,1-2H3,(H,16,17). The van der Waals surface area contributed by atoms with Crippen LogP contribution in [0.15, 0.2) is 16.6 Å². The number of anilines is 1. The SMILES string of the molecule is CNc1c2c(nc3c(C)cc(Br)cc13)CCC2. The number of hydrogen-bond donors (Lipinski definition) is 1. The quantitative estimate of drug-likeness (QED) is 0.863. The van der Waals surface area contributed by atoms with E-state index in [1.54, 1.807) is 0 Å². The number of aromatic nitrogens is 1. The van der Waals surface area contributed by atoms with E-state index in [1.165, 1.54) is 34.3 Å². The van der Waals surface area contributed by atoms with Crippen LogP contribution in [0.4, 0.5) is 5.69 Å². The highest BCUT2D eigenvalue weighted by Gasteiger charge is 2.19. The number of benzene rings is 1. The van der Waals surface area contributed by atoms with E-state index in [-0.39, 0.29) is 0 Å². The van der Waals surface area contributed by atoms with Gasteiger partial charge in [0.1, 0.15) is 0 Å². The van der Waals surface area contributed by atoms with E-state index >= 15 is 0 Å². The molecule has 3 heteroatoms. The molecule has 0 unspecified atom stereocenters. The van der Waals surface area contributed by atoms with Gasteiger partial charge in [-0.25, -0.2) is 0 Å². The minimum absolute atomic E-state index is 1.12. The van der Waals surface area contributed by atoms with Crippen LogP contribution >= 0.6 is 15.9 Å². The molecule has 1 aliphatic carbocycles. The summed E-state index contributed by atoms with van der Waals surface area (Å²) in [5.74, 6) is 0. The average molecular weight is 291 g/mol. The topological polar surface area (TPSA) is 24.9 Å². The molecule has 0 saturated heterocycles. The van der Waals surface area contributed by atoms with Gasteiger partial charge in [-0.1, -0.05) is 15.9 Å². The molecule has 2 aromatic rings. The van der Waals surface area contributed by atoms with Crippen molar-refractivity contribution in [2.24, 2.45) is 0 Å². The van der Waals surface area contributed by atoms with E-state index in [9.17, 15) is 0 Å². The fraction of sp³-hybridized carbons (Fsp3) is 0.357. The van der Waals surface area contributed by atoms with Crippen LogP contribution in [0.1, 0.15) is 23.2 Å². The molecule has 1 N–H and O–H groups in total. The van der Waals surface area contributed by atoms with Crippen molar-refractivity contribution in [2.75, 3.05) is 12.4 Å². The lowest BCUT2D eigenvalue weighted by Crippen LogP contribution is -2.00. The van der Waals surface area contributed by atoms with Gasteiger partial charge in [0, 0.05) is 28.3 Å². The molecular weight excluding hydrogens is 276 g/mol. The summed E-state index contributed by atoms with van der Waals surface area (Å²) in [5.41, 5.74) is 6.34. The summed E-state index contributed by atoms with van der Waals surface area (Å²) in [6.45, 7) is 2.13. The van der Waals surface area contributed by atoms with Crippen LogP contribution in [-0.2, 0) is 12.8 Å². The predicted molar refractivity (Wildman–Crippen MR) is 75.8 cm³/mol. The third-order valence-corrected chi connectivity index (χ3v) is 3.98. The van der Waals surface area contributed by atoms with Gasteiger partial charge in [-0.2, -0.15) is 0 Å². The zero-order chi connectivity index (χ0) is 12.0. The number of nitrogens with zero attached hydrogens (tertiary/aromatic N) is 1. The highest BCUT2D eigenvalue weighted by atomic mass is 79.9. The number of aryl methyl sites for hydroxylation is 2. The minimum Gasteiger partial charge on any atom is -0.387 e. The van der Waals surface area contributed by atoms with E-state index < -0.39 is 0 Å². The van der Waals surface area contributed by atoms with Crippen molar-refractivity contribution in [3.05, 3.63) is 33.4 Å². The number of fused-ring (bicyclic) bond motifs is 2. The van der Waals surface area contributed by atoms with Crippen LogP contribution in [0.25, 0.3) is 10.9 Å². The first-order valence-corrected chi connectivity index (χ1v) is 6.79. The van der Waals surface area contributed by atoms with Crippen molar-refractivity contribution in [3.63, 3.8) is 0 Å². The maximum absolute atomic E-state index is 4.84. The first-order chi connectivity index (χ1) is 8.20. The summed E-state index contributed by atoms with van der Waals surface area (Å²) in [5, 5.41) is 4.60. The van der Waals surface area contributed by atoms with Gasteiger partial charge in [0.2, 0.25) is 0 Å². The first-order valence-electron chi connectivity index (χ1n) is 6.00. The molecule has 0 spiro atoms. The summed E-state index contributed by atoms with van der Waals surface area (Å²) in [4.78, 5) is 4.84. The molecular formula is C14H15BrN2. The monoisotopic (exact) mass is 290 g/mol. The lowest BCUT2D eigenvalue weighted by Gasteiger charge is -2.13. The largest absolute Gasteiger partial charge is 0.387 e. The molecule has 0 atom stereocenters. The van der Waals surface area contributed by atoms with Gasteiger partial charge in [0.05, 0.1) is 5.52 Å². The van der Waals surface area contributed by atoms with E-state index in [0.717, 1.165) is 22.8 Å². The smallest absolute Gasteiger partial charge is 0.0756 e. The maximum atomic E-state index is 4.84. The second-order valence-corrected chi connectivity index (χ2v) is 5.55. The molecule has 0 aliphatic heterocycles. The lowest BCUT2D eigenvalue weighted by atomic mass is 10.0. The first kappa shape index (κ1) is 11.0. The lowest BCUT2D eigenvalue weighted by molar-refractivity contribution is 0.901. The van der Waals surface area contributed by atoms with Crippen molar-refractivity contribution in [2.45, 2.75) is 26.2 Å². The zero-order valence-corrected chi connectivity index (χ0v) is 11.7. The number of pyridine rings is 1. The molecule has 17 heavy (non-hydrogen) atoms. The number of halogens is 1. The van der Waals surface area contributed by atoms with Crippen LogP contribution in [0.3, 0.4) is 0 Å². The predicted octanol–water partition coefficient (Wildman–Crippen LogP) is 3.84. The molecule has 0 radical (unpaired) electrons. The van der Waals surface area contributed by atoms with Crippen molar-refractivity contribution in [3.8, 4) is 0 Å². The number of hydrogen-bond acceptors (Lipinski definition) is 2. The molecule has 3 rings (SSSR count). The van der Waals surface area contributed by atoms with Crippen LogP contribution < -0.4 is 5.32 Å². The van der Waals surface area contributed by atoms with E-state index in [1.807, 2.05) is 7.05 Å². The summed E-state index contributed by atoms with van der Waals surface area (Å²) < 4.78 is 1.12. The van der Waals surface area contributed by atoms with E-state index in [4.69, 9.17) is 4.98 Å². The van der Waals surface area contributed by atoms with Crippen molar-refractivity contribution in [1.29, 1.82) is 0 Å². The molecule has 2 nitrogen and oxygen atoms in total. The second-order valence-electron chi connectivity index (χ2n) is 4.63. The molecule has 0 bridgehead atoms. The third kappa shape index (κ3) is 1.64. The Bertz CT molecular complexity index is 605. The Hall–Kier alpha value is -1.09. The molecule has 1 heterocycles. The summed E-state index contributed by atoms with van der Waals surface area (Å²) in [7, 11) is 2.00. The Morgan fingerprint density at radius 1 is 1.29 bits per heavy atom. The van der Waals surface area contributed by atoms with Crippen molar-refractivity contribution in [1.82, 2.24) is 4.98 Å². The van der Waals surface area contributed by atoms with Gasteiger partial charge in [-0.15, -0.1) is 0 Å². The Morgan fingerprint density at radius 3 is 2.88 bits per heavy atom. The van der Waals surface area contributed by atoms with E-state index in [0.29, 0.717) is 0 Å². The third-order valence-electron chi connectivity index (χ3n) is 3.52. The maximum Gasteiger partial charge on any atom is 0.0756 e. The zero-order valence-electron chi connectivity index (χ0n) is 10.1. The number of nitrogens with one attached hydrogen (secondary N) is 1. The molecule has 1 aromatic carbocycles. The summed E-state index contributed by atoms with van der Waals surface area (Å²) in [6.07, 6.45) is 3.50. The van der Waals surface area contributed by atoms with Gasteiger partial charge in [0.15, 0.2) is 0 Å². The highest BCUT2D eigenvalue weighted by molar-refractivity contribution is 9.10. The molecule has 88 valence electrons. The second kappa shape index (κ2) is 3.98. The Morgan fingerprint density at radius 2 is 2.12 bits per heavy atom. The van der Waals surface area contributed by atoms with Gasteiger partial charge in [-0.3, -0.25) is 4.98 Å². The van der Waals surface area contributed by atoms with Crippen LogP contribution in [0.2, 0.25) is 0 Å². The van der Waals surface area contributed by atoms with Gasteiger partial charge >= 0.3 is 0 Å². The van der Waals surface area contributed by atoms with Gasteiger partial charge < -0.3 is 5.32 Å². The summed E-state index contributed by atoms with van der Waals surface area (Å²) >= 11 is 3.57. The molecule has 1 aliphatic rings.